The fourth-order valence-electron chi connectivity index (χ4n) is 1.41. The van der Waals surface area contributed by atoms with Crippen molar-refractivity contribution in [3.8, 4) is 0 Å². The van der Waals surface area contributed by atoms with Gasteiger partial charge in [-0.2, -0.15) is 0 Å². The van der Waals surface area contributed by atoms with Crippen molar-refractivity contribution in [3.63, 3.8) is 0 Å². The molecule has 1 N–H and O–H groups in total. The lowest BCUT2D eigenvalue weighted by Gasteiger charge is -2.11. The maximum atomic E-state index is 12.2. The first-order chi connectivity index (χ1) is 7.21. The highest BCUT2D eigenvalue weighted by Crippen LogP contribution is 2.37. The standard InChI is InChI=1S/C12H11O2P.ClH/c13-15(14,11-7-3-1-4-8-11)12-9-5-2-6-10-12;/h1-10H,(H,13,14);1H. The maximum absolute atomic E-state index is 12.2. The molecule has 0 amide bonds. The zero-order valence-corrected chi connectivity index (χ0v) is 10.2. The second-order valence-electron chi connectivity index (χ2n) is 3.25. The summed E-state index contributed by atoms with van der Waals surface area (Å²) in [5.41, 5.74) is 0. The average Bonchev–Trinajstić information content (AvgIpc) is 2.31. The van der Waals surface area contributed by atoms with E-state index in [1.165, 1.54) is 0 Å². The molecule has 0 aliphatic rings. The van der Waals surface area contributed by atoms with Crippen LogP contribution in [0.25, 0.3) is 0 Å². The van der Waals surface area contributed by atoms with Crippen molar-refractivity contribution < 1.29 is 9.46 Å². The van der Waals surface area contributed by atoms with Gasteiger partial charge in [-0.15, -0.1) is 12.4 Å². The first-order valence-corrected chi connectivity index (χ1v) is 6.31. The lowest BCUT2D eigenvalue weighted by atomic mass is 10.4. The summed E-state index contributed by atoms with van der Waals surface area (Å²) >= 11 is 0. The van der Waals surface area contributed by atoms with E-state index in [0.717, 1.165) is 0 Å². The molecule has 16 heavy (non-hydrogen) atoms. The summed E-state index contributed by atoms with van der Waals surface area (Å²) < 4.78 is 12.2. The van der Waals surface area contributed by atoms with E-state index in [4.69, 9.17) is 0 Å². The van der Waals surface area contributed by atoms with Gasteiger partial charge < -0.3 is 4.89 Å². The van der Waals surface area contributed by atoms with E-state index in [0.29, 0.717) is 10.6 Å². The summed E-state index contributed by atoms with van der Waals surface area (Å²) in [6.07, 6.45) is 0. The molecule has 2 rings (SSSR count). The summed E-state index contributed by atoms with van der Waals surface area (Å²) in [5.74, 6) is 0. The minimum atomic E-state index is -3.40. The van der Waals surface area contributed by atoms with Crippen molar-refractivity contribution in [3.05, 3.63) is 60.7 Å². The molecule has 0 radical (unpaired) electrons. The Balaban J connectivity index is 0.00000128. The van der Waals surface area contributed by atoms with E-state index in [9.17, 15) is 9.46 Å². The summed E-state index contributed by atoms with van der Waals surface area (Å²) in [6.45, 7) is 0. The topological polar surface area (TPSA) is 37.3 Å². The Morgan fingerprint density at radius 1 is 0.750 bits per heavy atom. The van der Waals surface area contributed by atoms with Crippen LogP contribution in [0, 0.1) is 0 Å². The Kier molecular flexibility index (Phi) is 4.31. The summed E-state index contributed by atoms with van der Waals surface area (Å²) in [7, 11) is -3.40. The number of benzene rings is 2. The van der Waals surface area contributed by atoms with Crippen LogP contribution in [-0.2, 0) is 4.57 Å². The van der Waals surface area contributed by atoms with Crippen LogP contribution in [0.1, 0.15) is 0 Å². The van der Waals surface area contributed by atoms with Crippen molar-refractivity contribution in [2.45, 2.75) is 0 Å². The molecule has 2 aromatic carbocycles. The van der Waals surface area contributed by atoms with E-state index in [1.807, 2.05) is 12.1 Å². The van der Waals surface area contributed by atoms with Crippen LogP contribution >= 0.6 is 19.8 Å². The van der Waals surface area contributed by atoms with Gasteiger partial charge in [-0.05, 0) is 24.3 Å². The number of hydrogen-bond acceptors (Lipinski definition) is 1. The van der Waals surface area contributed by atoms with Crippen LogP contribution in [0.4, 0.5) is 0 Å². The highest BCUT2D eigenvalue weighted by Gasteiger charge is 2.22. The van der Waals surface area contributed by atoms with Crippen molar-refractivity contribution >= 4 is 30.4 Å². The number of hydrogen-bond donors (Lipinski definition) is 1. The van der Waals surface area contributed by atoms with Gasteiger partial charge in [-0.3, -0.25) is 4.57 Å². The first-order valence-electron chi connectivity index (χ1n) is 4.65. The molecule has 0 spiro atoms. The molecule has 0 saturated carbocycles. The molecule has 0 aromatic heterocycles. The molecule has 2 nitrogen and oxygen atoms in total. The lowest BCUT2D eigenvalue weighted by Crippen LogP contribution is -2.14. The van der Waals surface area contributed by atoms with Crippen LogP contribution in [-0.4, -0.2) is 4.89 Å². The Morgan fingerprint density at radius 3 is 1.38 bits per heavy atom. The van der Waals surface area contributed by atoms with Gasteiger partial charge in [0, 0.05) is 10.6 Å². The number of halogens is 1. The third kappa shape index (κ3) is 2.53. The molecule has 2 aromatic rings. The molecule has 0 bridgehead atoms. The molecule has 0 fully saturated rings. The van der Waals surface area contributed by atoms with Crippen LogP contribution in [0.15, 0.2) is 60.7 Å². The first kappa shape index (κ1) is 13.0. The third-order valence-electron chi connectivity index (χ3n) is 2.21. The van der Waals surface area contributed by atoms with Gasteiger partial charge >= 0.3 is 0 Å². The predicted molar refractivity (Wildman–Crippen MR) is 69.2 cm³/mol. The predicted octanol–water partition coefficient (Wildman–Crippen LogP) is 2.33. The van der Waals surface area contributed by atoms with Gasteiger partial charge in [0.05, 0.1) is 0 Å². The minimum Gasteiger partial charge on any atom is -0.338 e. The molecule has 4 heteroatoms. The van der Waals surface area contributed by atoms with Crippen molar-refractivity contribution in [1.82, 2.24) is 0 Å². The van der Waals surface area contributed by atoms with Crippen LogP contribution in [0.3, 0.4) is 0 Å². The van der Waals surface area contributed by atoms with Crippen LogP contribution in [0.5, 0.6) is 0 Å². The fourth-order valence-corrected chi connectivity index (χ4v) is 2.86. The van der Waals surface area contributed by atoms with Gasteiger partial charge in [-0.1, -0.05) is 36.4 Å². The summed E-state index contributed by atoms with van der Waals surface area (Å²) in [5, 5.41) is 0.937. The Bertz CT molecular complexity index is 441. The van der Waals surface area contributed by atoms with E-state index >= 15 is 0 Å². The second kappa shape index (κ2) is 5.31. The van der Waals surface area contributed by atoms with Crippen molar-refractivity contribution in [2.75, 3.05) is 0 Å². The molecule has 0 aliphatic carbocycles. The van der Waals surface area contributed by atoms with E-state index in [2.05, 4.69) is 0 Å². The van der Waals surface area contributed by atoms with Gasteiger partial charge in [0.1, 0.15) is 0 Å². The lowest BCUT2D eigenvalue weighted by molar-refractivity contribution is 0.501. The van der Waals surface area contributed by atoms with Crippen LogP contribution < -0.4 is 10.6 Å². The van der Waals surface area contributed by atoms with Crippen LogP contribution in [0.2, 0.25) is 0 Å². The largest absolute Gasteiger partial charge is 0.338 e. The van der Waals surface area contributed by atoms with E-state index in [1.54, 1.807) is 48.5 Å². The number of rotatable bonds is 2. The van der Waals surface area contributed by atoms with Gasteiger partial charge in [0.15, 0.2) is 0 Å². The molecule has 0 atom stereocenters. The quantitative estimate of drug-likeness (QED) is 0.836. The molecule has 0 aliphatic heterocycles. The highest BCUT2D eigenvalue weighted by molar-refractivity contribution is 7.73. The normalized spacial score (nSPS) is 10.6. The monoisotopic (exact) mass is 254 g/mol. The summed E-state index contributed by atoms with van der Waals surface area (Å²) in [6, 6.07) is 17.4. The molecular formula is C12H12ClO2P. The van der Waals surface area contributed by atoms with Gasteiger partial charge in [0.25, 0.3) is 7.37 Å². The van der Waals surface area contributed by atoms with E-state index in [-0.39, 0.29) is 12.4 Å². The smallest absolute Gasteiger partial charge is 0.258 e. The zero-order valence-electron chi connectivity index (χ0n) is 8.48. The maximum Gasteiger partial charge on any atom is 0.258 e. The molecule has 84 valence electrons. The molecule has 0 unspecified atom stereocenters. The van der Waals surface area contributed by atoms with Crippen molar-refractivity contribution in [1.29, 1.82) is 0 Å². The second-order valence-corrected chi connectivity index (χ2v) is 5.43. The zero-order chi connectivity index (χ0) is 10.7. The Hall–Kier alpha value is -1.08. The third-order valence-corrected chi connectivity index (χ3v) is 4.21. The minimum absolute atomic E-state index is 0. The summed E-state index contributed by atoms with van der Waals surface area (Å²) in [4.78, 5) is 10.0. The fraction of sp³-hybridized carbons (Fsp3) is 0. The Labute approximate surface area is 101 Å². The Morgan fingerprint density at radius 2 is 1.06 bits per heavy atom. The average molecular weight is 255 g/mol. The molecule has 0 saturated heterocycles. The molecular weight excluding hydrogens is 243 g/mol. The van der Waals surface area contributed by atoms with Crippen molar-refractivity contribution in [2.24, 2.45) is 0 Å². The van der Waals surface area contributed by atoms with Gasteiger partial charge in [-0.25, -0.2) is 0 Å². The SMILES string of the molecule is Cl.O=P(O)(c1ccccc1)c1ccccc1. The van der Waals surface area contributed by atoms with E-state index < -0.39 is 7.37 Å². The van der Waals surface area contributed by atoms with Gasteiger partial charge in [0.2, 0.25) is 0 Å². The highest BCUT2D eigenvalue weighted by atomic mass is 35.5. The molecule has 0 heterocycles.